The predicted octanol–water partition coefficient (Wildman–Crippen LogP) is 1.51. The Morgan fingerprint density at radius 3 is 2.61 bits per heavy atom. The first-order valence-corrected chi connectivity index (χ1v) is 6.80. The monoisotopic (exact) mass is 316 g/mol. The van der Waals surface area contributed by atoms with E-state index in [0.717, 1.165) is 4.90 Å². The Bertz CT molecular complexity index is 732. The minimum Gasteiger partial charge on any atom is -0.503 e. The highest BCUT2D eigenvalue weighted by molar-refractivity contribution is 6.08. The summed E-state index contributed by atoms with van der Waals surface area (Å²) in [5.41, 5.74) is 0.444. The number of nitrogens with zero attached hydrogens (tertiary/aromatic N) is 2. The van der Waals surface area contributed by atoms with Crippen LogP contribution in [0.1, 0.15) is 18.5 Å². The van der Waals surface area contributed by atoms with Gasteiger partial charge in [-0.15, -0.1) is 0 Å². The van der Waals surface area contributed by atoms with Gasteiger partial charge in [-0.05, 0) is 19.1 Å². The van der Waals surface area contributed by atoms with Gasteiger partial charge in [0.25, 0.3) is 5.91 Å². The molecule has 0 spiro atoms. The van der Waals surface area contributed by atoms with Gasteiger partial charge in [0.15, 0.2) is 11.5 Å². The summed E-state index contributed by atoms with van der Waals surface area (Å²) >= 11 is 0. The van der Waals surface area contributed by atoms with E-state index in [1.807, 2.05) is 6.07 Å². The number of ether oxygens (including phenoxy) is 2. The maximum atomic E-state index is 12.2. The van der Waals surface area contributed by atoms with E-state index in [2.05, 4.69) is 0 Å². The highest BCUT2D eigenvalue weighted by Crippen LogP contribution is 2.42. The Balaban J connectivity index is 2.64. The Kier molecular flexibility index (Phi) is 4.55. The molecule has 1 aliphatic heterocycles. The van der Waals surface area contributed by atoms with Crippen LogP contribution in [-0.4, -0.2) is 42.5 Å². The van der Waals surface area contributed by atoms with Crippen molar-refractivity contribution in [2.75, 3.05) is 20.8 Å². The van der Waals surface area contributed by atoms with E-state index in [1.54, 1.807) is 18.2 Å². The molecule has 1 N–H and O–H groups in total. The van der Waals surface area contributed by atoms with Crippen LogP contribution in [0.2, 0.25) is 0 Å². The van der Waals surface area contributed by atoms with Crippen LogP contribution in [0, 0.1) is 11.3 Å². The molecule has 0 aliphatic carbocycles. The number of aliphatic hydroxyl groups is 1. The summed E-state index contributed by atoms with van der Waals surface area (Å²) in [6.45, 7) is 0.997. The van der Waals surface area contributed by atoms with Crippen LogP contribution in [0.25, 0.3) is 0 Å². The van der Waals surface area contributed by atoms with Crippen LogP contribution in [0.15, 0.2) is 29.5 Å². The Morgan fingerprint density at radius 2 is 2.09 bits per heavy atom. The topological polar surface area (TPSA) is 99.9 Å². The number of aliphatic hydroxyl groups excluding tert-OH is 1. The van der Waals surface area contributed by atoms with Crippen LogP contribution in [0.4, 0.5) is 0 Å². The number of carbonyl (C=O) groups is 2. The normalized spacial score (nSPS) is 17.2. The molecule has 1 aromatic rings. The smallest absolute Gasteiger partial charge is 0.290 e. The van der Waals surface area contributed by atoms with E-state index in [1.165, 1.54) is 21.1 Å². The zero-order chi connectivity index (χ0) is 17.1. The number of benzene rings is 1. The van der Waals surface area contributed by atoms with Gasteiger partial charge >= 0.3 is 0 Å². The van der Waals surface area contributed by atoms with Crippen molar-refractivity contribution >= 4 is 11.7 Å². The molecule has 23 heavy (non-hydrogen) atoms. The molecule has 0 saturated carbocycles. The standard InChI is InChI=1S/C16H16N2O5/c1-9(19)13-14(18(7-6-17)16(21)15(13)20)11-5-4-10(22-2)8-12(11)23-3/h4-5,8,14,20H,7H2,1-3H3/t14-/m1/s1. The van der Waals surface area contributed by atoms with Gasteiger partial charge < -0.3 is 19.5 Å². The van der Waals surface area contributed by atoms with E-state index >= 15 is 0 Å². The molecule has 120 valence electrons. The molecule has 1 aromatic carbocycles. The number of hydrogen-bond donors (Lipinski definition) is 1. The largest absolute Gasteiger partial charge is 0.503 e. The van der Waals surface area contributed by atoms with Crippen LogP contribution in [0.3, 0.4) is 0 Å². The second-order valence-corrected chi connectivity index (χ2v) is 4.92. The third-order valence-electron chi connectivity index (χ3n) is 3.66. The summed E-state index contributed by atoms with van der Waals surface area (Å²) in [5, 5.41) is 19.0. The summed E-state index contributed by atoms with van der Waals surface area (Å²) in [6, 6.07) is 5.90. The number of amides is 1. The molecule has 0 bridgehead atoms. The second-order valence-electron chi connectivity index (χ2n) is 4.92. The number of hydrogen-bond acceptors (Lipinski definition) is 6. The van der Waals surface area contributed by atoms with Gasteiger partial charge in [-0.3, -0.25) is 9.59 Å². The number of nitriles is 1. The second kappa shape index (κ2) is 6.40. The van der Waals surface area contributed by atoms with Crippen molar-refractivity contribution in [2.45, 2.75) is 13.0 Å². The lowest BCUT2D eigenvalue weighted by Crippen LogP contribution is -2.31. The molecule has 1 heterocycles. The SMILES string of the molecule is COc1ccc([C@@H]2C(C(C)=O)=C(O)C(=O)N2CC#N)c(OC)c1. The fourth-order valence-electron chi connectivity index (χ4n) is 2.62. The summed E-state index contributed by atoms with van der Waals surface area (Å²) in [7, 11) is 2.95. The average molecular weight is 316 g/mol. The van der Waals surface area contributed by atoms with Gasteiger partial charge in [-0.1, -0.05) is 0 Å². The minimum absolute atomic E-state index is 0.0475. The fourth-order valence-corrected chi connectivity index (χ4v) is 2.62. The van der Waals surface area contributed by atoms with E-state index in [-0.39, 0.29) is 12.1 Å². The van der Waals surface area contributed by atoms with Gasteiger partial charge in [-0.2, -0.15) is 5.26 Å². The highest BCUT2D eigenvalue weighted by atomic mass is 16.5. The maximum absolute atomic E-state index is 12.2. The molecule has 1 amide bonds. The van der Waals surface area contributed by atoms with E-state index < -0.39 is 23.5 Å². The molecule has 1 atom stereocenters. The van der Waals surface area contributed by atoms with Crippen LogP contribution >= 0.6 is 0 Å². The molecule has 2 rings (SSSR count). The van der Waals surface area contributed by atoms with Gasteiger partial charge in [0.05, 0.1) is 31.9 Å². The summed E-state index contributed by atoms with van der Waals surface area (Å²) < 4.78 is 10.4. The average Bonchev–Trinajstić information content (AvgIpc) is 2.79. The van der Waals surface area contributed by atoms with Crippen molar-refractivity contribution in [3.63, 3.8) is 0 Å². The van der Waals surface area contributed by atoms with E-state index in [0.29, 0.717) is 17.1 Å². The number of carbonyl (C=O) groups excluding carboxylic acids is 2. The van der Waals surface area contributed by atoms with Crippen molar-refractivity contribution in [1.29, 1.82) is 5.26 Å². The molecule has 0 aromatic heterocycles. The Morgan fingerprint density at radius 1 is 1.39 bits per heavy atom. The van der Waals surface area contributed by atoms with Crippen molar-refractivity contribution in [1.82, 2.24) is 4.90 Å². The highest BCUT2D eigenvalue weighted by Gasteiger charge is 2.43. The molecule has 7 nitrogen and oxygen atoms in total. The Hall–Kier alpha value is -3.01. The number of rotatable bonds is 5. The molecular weight excluding hydrogens is 300 g/mol. The molecule has 0 fully saturated rings. The molecule has 0 unspecified atom stereocenters. The minimum atomic E-state index is -0.875. The van der Waals surface area contributed by atoms with Gasteiger partial charge in [0.1, 0.15) is 18.0 Å². The third kappa shape index (κ3) is 2.71. The third-order valence-corrected chi connectivity index (χ3v) is 3.66. The fraction of sp³-hybridized carbons (Fsp3) is 0.312. The van der Waals surface area contributed by atoms with Crippen LogP contribution in [0.5, 0.6) is 11.5 Å². The molecule has 0 saturated heterocycles. The van der Waals surface area contributed by atoms with Crippen molar-refractivity contribution < 1.29 is 24.2 Å². The quantitative estimate of drug-likeness (QED) is 0.827. The lowest BCUT2D eigenvalue weighted by atomic mass is 9.95. The first-order valence-electron chi connectivity index (χ1n) is 6.80. The summed E-state index contributed by atoms with van der Waals surface area (Å²) in [6.07, 6.45) is 0. The zero-order valence-corrected chi connectivity index (χ0v) is 13.0. The van der Waals surface area contributed by atoms with E-state index in [9.17, 15) is 14.7 Å². The number of ketones is 1. The number of Topliss-reactive ketones (excluding diaryl/α,β-unsaturated/α-hetero) is 1. The first kappa shape index (κ1) is 16.4. The lowest BCUT2D eigenvalue weighted by molar-refractivity contribution is -0.128. The summed E-state index contributed by atoms with van der Waals surface area (Å²) in [5.74, 6) is -0.896. The van der Waals surface area contributed by atoms with Crippen molar-refractivity contribution in [3.8, 4) is 17.6 Å². The molecular formula is C16H16N2O5. The molecule has 7 heteroatoms. The van der Waals surface area contributed by atoms with Crippen LogP contribution < -0.4 is 9.47 Å². The zero-order valence-electron chi connectivity index (χ0n) is 13.0. The maximum Gasteiger partial charge on any atom is 0.290 e. The van der Waals surface area contributed by atoms with Gasteiger partial charge in [-0.25, -0.2) is 0 Å². The molecule has 0 radical (unpaired) electrons. The molecule has 1 aliphatic rings. The van der Waals surface area contributed by atoms with Gasteiger partial charge in [0, 0.05) is 11.6 Å². The van der Waals surface area contributed by atoms with E-state index in [4.69, 9.17) is 14.7 Å². The Labute approximate surface area is 133 Å². The first-order chi connectivity index (χ1) is 11.0. The predicted molar refractivity (Wildman–Crippen MR) is 79.9 cm³/mol. The van der Waals surface area contributed by atoms with Crippen molar-refractivity contribution in [2.24, 2.45) is 0 Å². The van der Waals surface area contributed by atoms with Crippen molar-refractivity contribution in [3.05, 3.63) is 35.1 Å². The van der Waals surface area contributed by atoms with Gasteiger partial charge in [0.2, 0.25) is 0 Å². The lowest BCUT2D eigenvalue weighted by Gasteiger charge is -2.25. The number of methoxy groups -OCH3 is 2. The summed E-state index contributed by atoms with van der Waals surface area (Å²) in [4.78, 5) is 25.2. The van der Waals surface area contributed by atoms with Crippen LogP contribution in [-0.2, 0) is 9.59 Å².